The van der Waals surface area contributed by atoms with Gasteiger partial charge in [-0.15, -0.1) is 0 Å². The van der Waals surface area contributed by atoms with Crippen molar-refractivity contribution in [3.05, 3.63) is 0 Å². The predicted octanol–water partition coefficient (Wildman–Crippen LogP) is 1.51. The number of hydrogen-bond donors (Lipinski definition) is 1. The van der Waals surface area contributed by atoms with E-state index in [0.29, 0.717) is 18.3 Å². The lowest BCUT2D eigenvalue weighted by atomic mass is 9.61. The molecule has 2 rings (SSSR count). The van der Waals surface area contributed by atoms with Crippen LogP contribution in [0.3, 0.4) is 0 Å². The van der Waals surface area contributed by atoms with Gasteiger partial charge in [0, 0.05) is 31.7 Å². The standard InChI is InChI=1S/C14H26N2O2/c1-11(2)12-8-14(9-12,10-13(17)18)16-6-4-15(3)5-7-16/h11-12H,4-10H2,1-3H3,(H,17,18). The highest BCUT2D eigenvalue weighted by molar-refractivity contribution is 5.68. The molecule has 1 aliphatic carbocycles. The first-order valence-corrected chi connectivity index (χ1v) is 7.08. The van der Waals surface area contributed by atoms with Crippen molar-refractivity contribution in [2.45, 2.75) is 38.6 Å². The number of nitrogens with zero attached hydrogens (tertiary/aromatic N) is 2. The van der Waals surface area contributed by atoms with Crippen LogP contribution < -0.4 is 0 Å². The van der Waals surface area contributed by atoms with Gasteiger partial charge in [-0.05, 0) is 31.7 Å². The SMILES string of the molecule is CC(C)C1CC(CC(=O)O)(N2CCN(C)CC2)C1. The maximum atomic E-state index is 11.2. The minimum Gasteiger partial charge on any atom is -0.481 e. The van der Waals surface area contributed by atoms with Gasteiger partial charge in [0.25, 0.3) is 0 Å². The molecule has 1 aliphatic heterocycles. The third kappa shape index (κ3) is 2.69. The topological polar surface area (TPSA) is 43.8 Å². The molecule has 0 aromatic carbocycles. The van der Waals surface area contributed by atoms with Crippen LogP contribution in [0, 0.1) is 11.8 Å². The van der Waals surface area contributed by atoms with E-state index >= 15 is 0 Å². The van der Waals surface area contributed by atoms with Crippen molar-refractivity contribution >= 4 is 5.97 Å². The second-order valence-electron chi connectivity index (χ2n) is 6.50. The van der Waals surface area contributed by atoms with E-state index in [1.54, 1.807) is 0 Å². The van der Waals surface area contributed by atoms with E-state index in [0.717, 1.165) is 39.0 Å². The molecule has 0 atom stereocenters. The van der Waals surface area contributed by atoms with Crippen molar-refractivity contribution in [2.75, 3.05) is 33.2 Å². The Labute approximate surface area is 110 Å². The molecule has 0 unspecified atom stereocenters. The molecule has 18 heavy (non-hydrogen) atoms. The first-order chi connectivity index (χ1) is 8.43. The Kier molecular flexibility index (Phi) is 3.97. The van der Waals surface area contributed by atoms with Crippen LogP contribution in [-0.4, -0.2) is 59.6 Å². The molecule has 1 N–H and O–H groups in total. The fourth-order valence-electron chi connectivity index (χ4n) is 3.46. The van der Waals surface area contributed by atoms with Gasteiger partial charge in [0.1, 0.15) is 0 Å². The fourth-order valence-corrected chi connectivity index (χ4v) is 3.46. The number of carboxylic acid groups (broad SMARTS) is 1. The predicted molar refractivity (Wildman–Crippen MR) is 71.6 cm³/mol. The van der Waals surface area contributed by atoms with E-state index in [9.17, 15) is 9.90 Å². The van der Waals surface area contributed by atoms with E-state index < -0.39 is 5.97 Å². The zero-order valence-electron chi connectivity index (χ0n) is 11.9. The highest BCUT2D eigenvalue weighted by Gasteiger charge is 2.50. The maximum absolute atomic E-state index is 11.2. The first kappa shape index (κ1) is 13.8. The molecule has 0 aromatic rings. The Balaban J connectivity index is 2.00. The lowest BCUT2D eigenvalue weighted by Gasteiger charge is -2.57. The highest BCUT2D eigenvalue weighted by Crippen LogP contribution is 2.48. The summed E-state index contributed by atoms with van der Waals surface area (Å²) in [6.45, 7) is 8.67. The number of carbonyl (C=O) groups is 1. The van der Waals surface area contributed by atoms with Gasteiger partial charge >= 0.3 is 5.97 Å². The summed E-state index contributed by atoms with van der Waals surface area (Å²) in [5.74, 6) is 0.750. The quantitative estimate of drug-likeness (QED) is 0.826. The summed E-state index contributed by atoms with van der Waals surface area (Å²) in [7, 11) is 2.14. The van der Waals surface area contributed by atoms with E-state index in [-0.39, 0.29) is 5.54 Å². The molecule has 0 bridgehead atoms. The van der Waals surface area contributed by atoms with E-state index in [1.165, 1.54) is 0 Å². The third-order valence-electron chi connectivity index (χ3n) is 4.88. The van der Waals surface area contributed by atoms with Crippen LogP contribution in [0.2, 0.25) is 0 Å². The second kappa shape index (κ2) is 5.17. The summed E-state index contributed by atoms with van der Waals surface area (Å²) in [6, 6.07) is 0. The fraction of sp³-hybridized carbons (Fsp3) is 0.929. The lowest BCUT2D eigenvalue weighted by molar-refractivity contribution is -0.146. The van der Waals surface area contributed by atoms with Crippen LogP contribution >= 0.6 is 0 Å². The van der Waals surface area contributed by atoms with Crippen molar-refractivity contribution < 1.29 is 9.90 Å². The van der Waals surface area contributed by atoms with Gasteiger partial charge in [0.2, 0.25) is 0 Å². The van der Waals surface area contributed by atoms with Gasteiger partial charge < -0.3 is 10.0 Å². The normalized spacial score (nSPS) is 34.6. The molecule has 2 aliphatic rings. The van der Waals surface area contributed by atoms with Crippen molar-refractivity contribution in [1.29, 1.82) is 0 Å². The van der Waals surface area contributed by atoms with Gasteiger partial charge in [-0.3, -0.25) is 9.69 Å². The Morgan fingerprint density at radius 1 is 1.28 bits per heavy atom. The molecule has 0 radical (unpaired) electrons. The maximum Gasteiger partial charge on any atom is 0.305 e. The Morgan fingerprint density at radius 2 is 1.83 bits per heavy atom. The highest BCUT2D eigenvalue weighted by atomic mass is 16.4. The molecule has 4 nitrogen and oxygen atoms in total. The molecule has 1 heterocycles. The molecule has 0 amide bonds. The van der Waals surface area contributed by atoms with Crippen molar-refractivity contribution in [1.82, 2.24) is 9.80 Å². The van der Waals surface area contributed by atoms with Crippen LogP contribution in [0.4, 0.5) is 0 Å². The van der Waals surface area contributed by atoms with Crippen LogP contribution in [0.15, 0.2) is 0 Å². The number of hydrogen-bond acceptors (Lipinski definition) is 3. The zero-order chi connectivity index (χ0) is 13.3. The van der Waals surface area contributed by atoms with Crippen LogP contribution in [0.25, 0.3) is 0 Å². The summed E-state index contributed by atoms with van der Waals surface area (Å²) < 4.78 is 0. The van der Waals surface area contributed by atoms with Crippen molar-refractivity contribution in [2.24, 2.45) is 11.8 Å². The smallest absolute Gasteiger partial charge is 0.305 e. The van der Waals surface area contributed by atoms with Gasteiger partial charge in [-0.25, -0.2) is 0 Å². The number of likely N-dealkylation sites (N-methyl/N-ethyl adjacent to an activating group) is 1. The lowest BCUT2D eigenvalue weighted by Crippen LogP contribution is -2.63. The summed E-state index contributed by atoms with van der Waals surface area (Å²) in [5.41, 5.74) is -0.0397. The average molecular weight is 254 g/mol. The number of carboxylic acids is 1. The van der Waals surface area contributed by atoms with E-state index in [2.05, 4.69) is 30.7 Å². The first-order valence-electron chi connectivity index (χ1n) is 7.08. The minimum absolute atomic E-state index is 0.0397. The average Bonchev–Trinajstić information content (AvgIpc) is 2.23. The van der Waals surface area contributed by atoms with E-state index in [4.69, 9.17) is 0 Å². The summed E-state index contributed by atoms with van der Waals surface area (Å²) in [5, 5.41) is 9.18. The number of aliphatic carboxylic acids is 1. The monoisotopic (exact) mass is 254 g/mol. The molecule has 2 fully saturated rings. The molecular weight excluding hydrogens is 228 g/mol. The van der Waals surface area contributed by atoms with Crippen LogP contribution in [0.5, 0.6) is 0 Å². The largest absolute Gasteiger partial charge is 0.481 e. The third-order valence-corrected chi connectivity index (χ3v) is 4.88. The van der Waals surface area contributed by atoms with Gasteiger partial charge in [0.05, 0.1) is 6.42 Å². The van der Waals surface area contributed by atoms with Gasteiger partial charge in [-0.1, -0.05) is 13.8 Å². The molecule has 1 saturated heterocycles. The summed E-state index contributed by atoms with van der Waals surface area (Å²) in [4.78, 5) is 15.9. The van der Waals surface area contributed by atoms with Crippen LogP contribution in [0.1, 0.15) is 33.1 Å². The molecule has 0 spiro atoms. The molecule has 0 aromatic heterocycles. The zero-order valence-corrected chi connectivity index (χ0v) is 11.9. The summed E-state index contributed by atoms with van der Waals surface area (Å²) in [6.07, 6.45) is 2.46. The van der Waals surface area contributed by atoms with Gasteiger partial charge in [-0.2, -0.15) is 0 Å². The van der Waals surface area contributed by atoms with Crippen LogP contribution in [-0.2, 0) is 4.79 Å². The second-order valence-corrected chi connectivity index (χ2v) is 6.50. The Hall–Kier alpha value is -0.610. The Morgan fingerprint density at radius 3 is 2.28 bits per heavy atom. The van der Waals surface area contributed by atoms with Crippen molar-refractivity contribution in [3.63, 3.8) is 0 Å². The van der Waals surface area contributed by atoms with E-state index in [1.807, 2.05) is 0 Å². The number of piperazine rings is 1. The van der Waals surface area contributed by atoms with Gasteiger partial charge in [0.15, 0.2) is 0 Å². The molecular formula is C14H26N2O2. The van der Waals surface area contributed by atoms with Crippen molar-refractivity contribution in [3.8, 4) is 0 Å². The summed E-state index contributed by atoms with van der Waals surface area (Å²) >= 11 is 0. The Bertz CT molecular complexity index is 303. The molecule has 1 saturated carbocycles. The number of rotatable bonds is 4. The molecule has 4 heteroatoms. The molecule has 104 valence electrons. The minimum atomic E-state index is -0.642.